The fourth-order valence-electron chi connectivity index (χ4n) is 3.75. The number of fused-ring (bicyclic) bond motifs is 5. The predicted octanol–water partition coefficient (Wildman–Crippen LogP) is 1.72. The van der Waals surface area contributed by atoms with Crippen molar-refractivity contribution < 1.29 is 23.9 Å². The first-order valence-corrected chi connectivity index (χ1v) is 7.95. The highest BCUT2D eigenvalue weighted by Gasteiger charge is 2.68. The molecule has 0 N–H and O–H groups in total. The van der Waals surface area contributed by atoms with Crippen molar-refractivity contribution in [2.24, 2.45) is 11.8 Å². The molecular weight excluding hydrogens is 334 g/mol. The number of amides is 2. The molecule has 3 aliphatic heterocycles. The topological polar surface area (TPSA) is 72.9 Å². The Hall–Kier alpha value is -2.18. The van der Waals surface area contributed by atoms with Gasteiger partial charge in [-0.3, -0.25) is 14.4 Å². The average molecular weight is 348 g/mol. The van der Waals surface area contributed by atoms with Gasteiger partial charge in [0, 0.05) is 11.9 Å². The van der Waals surface area contributed by atoms with E-state index in [4.69, 9.17) is 21.1 Å². The van der Waals surface area contributed by atoms with Crippen molar-refractivity contribution in [3.05, 3.63) is 41.4 Å². The van der Waals surface area contributed by atoms with E-state index in [1.165, 1.54) is 6.92 Å². The van der Waals surface area contributed by atoms with E-state index < -0.39 is 29.5 Å². The van der Waals surface area contributed by atoms with E-state index in [1.54, 1.807) is 36.4 Å². The summed E-state index contributed by atoms with van der Waals surface area (Å²) in [6.07, 6.45) is 3.01. The lowest BCUT2D eigenvalue weighted by Gasteiger charge is -2.28. The Bertz CT molecular complexity index is 791. The number of hydrogen-bond donors (Lipinski definition) is 0. The number of carbonyl (C=O) groups is 3. The summed E-state index contributed by atoms with van der Waals surface area (Å²) in [7, 11) is 0. The molecule has 4 atom stereocenters. The van der Waals surface area contributed by atoms with Gasteiger partial charge >= 0.3 is 5.97 Å². The maximum absolute atomic E-state index is 13.0. The number of nitrogens with zero attached hydrogens (tertiary/aromatic N) is 1. The van der Waals surface area contributed by atoms with Crippen molar-refractivity contribution in [1.29, 1.82) is 0 Å². The minimum Gasteiger partial charge on any atom is -0.462 e. The fraction of sp³-hybridized carbons (Fsp3) is 0.353. The van der Waals surface area contributed by atoms with Crippen LogP contribution in [0.25, 0.3) is 0 Å². The van der Waals surface area contributed by atoms with Crippen LogP contribution in [0.15, 0.2) is 36.4 Å². The third-order valence-corrected chi connectivity index (χ3v) is 4.96. The molecule has 4 rings (SSSR count). The zero-order chi connectivity index (χ0) is 17.1. The summed E-state index contributed by atoms with van der Waals surface area (Å²) < 4.78 is 10.9. The molecule has 0 spiro atoms. The second-order valence-corrected chi connectivity index (χ2v) is 6.61. The molecule has 2 fully saturated rings. The molecule has 0 aliphatic carbocycles. The molecule has 0 aromatic heterocycles. The van der Waals surface area contributed by atoms with E-state index in [0.717, 1.165) is 4.90 Å². The third kappa shape index (κ3) is 2.03. The number of halogens is 1. The van der Waals surface area contributed by atoms with Gasteiger partial charge in [-0.25, -0.2) is 4.90 Å². The van der Waals surface area contributed by atoms with Gasteiger partial charge < -0.3 is 9.47 Å². The number of anilines is 1. The van der Waals surface area contributed by atoms with Crippen molar-refractivity contribution in [1.82, 2.24) is 0 Å². The quantitative estimate of drug-likeness (QED) is 0.473. The standard InChI is InChI=1S/C17H14ClNO5/c1-9(20)23-8-17-6-5-12(24-17)13-14(17)16(22)19(15(13)21)11-4-2-3-10(18)7-11/h2-7,12-14H,8H2,1H3/t12-,13-,14+,17-/m1/s1. The zero-order valence-electron chi connectivity index (χ0n) is 12.8. The highest BCUT2D eigenvalue weighted by Crippen LogP contribution is 2.52. The summed E-state index contributed by atoms with van der Waals surface area (Å²) in [5, 5.41) is 0.442. The van der Waals surface area contributed by atoms with Crippen LogP contribution < -0.4 is 4.90 Å². The fourth-order valence-corrected chi connectivity index (χ4v) is 3.94. The Kier molecular flexibility index (Phi) is 3.30. The summed E-state index contributed by atoms with van der Waals surface area (Å²) in [4.78, 5) is 38.1. The van der Waals surface area contributed by atoms with E-state index in [-0.39, 0.29) is 18.4 Å². The molecule has 6 nitrogen and oxygen atoms in total. The highest BCUT2D eigenvalue weighted by molar-refractivity contribution is 6.31. The number of benzene rings is 1. The molecule has 3 aliphatic rings. The lowest BCUT2D eigenvalue weighted by Crippen LogP contribution is -2.44. The lowest BCUT2D eigenvalue weighted by molar-refractivity contribution is -0.150. The number of rotatable bonds is 3. The second kappa shape index (κ2) is 5.16. The van der Waals surface area contributed by atoms with E-state index in [9.17, 15) is 14.4 Å². The summed E-state index contributed by atoms with van der Waals surface area (Å²) in [6, 6.07) is 6.60. The second-order valence-electron chi connectivity index (χ2n) is 6.17. The highest BCUT2D eigenvalue weighted by atomic mass is 35.5. The van der Waals surface area contributed by atoms with Crippen molar-refractivity contribution in [2.75, 3.05) is 11.5 Å². The van der Waals surface area contributed by atoms with Crippen LogP contribution in [0.4, 0.5) is 5.69 Å². The van der Waals surface area contributed by atoms with Crippen molar-refractivity contribution in [3.8, 4) is 0 Å². The first-order valence-electron chi connectivity index (χ1n) is 7.57. The van der Waals surface area contributed by atoms with Crippen molar-refractivity contribution in [2.45, 2.75) is 18.6 Å². The molecule has 2 bridgehead atoms. The minimum atomic E-state index is -1.07. The maximum Gasteiger partial charge on any atom is 0.302 e. The first-order chi connectivity index (χ1) is 11.4. The van der Waals surface area contributed by atoms with Crippen LogP contribution in [-0.2, 0) is 23.9 Å². The summed E-state index contributed by atoms with van der Waals surface area (Å²) >= 11 is 5.98. The molecule has 3 heterocycles. The van der Waals surface area contributed by atoms with Crippen LogP contribution >= 0.6 is 11.6 Å². The maximum atomic E-state index is 13.0. The number of hydrogen-bond acceptors (Lipinski definition) is 5. The average Bonchev–Trinajstić information content (AvgIpc) is 3.16. The zero-order valence-corrected chi connectivity index (χ0v) is 13.5. The molecule has 0 radical (unpaired) electrons. The smallest absolute Gasteiger partial charge is 0.302 e. The van der Waals surface area contributed by atoms with Crippen LogP contribution in [0.2, 0.25) is 5.02 Å². The first kappa shape index (κ1) is 15.4. The van der Waals surface area contributed by atoms with Crippen LogP contribution in [0.1, 0.15) is 6.92 Å². The van der Waals surface area contributed by atoms with E-state index in [0.29, 0.717) is 10.7 Å². The van der Waals surface area contributed by atoms with Gasteiger partial charge in [0.05, 0.1) is 23.6 Å². The number of ether oxygens (including phenoxy) is 2. The monoisotopic (exact) mass is 347 g/mol. The van der Waals surface area contributed by atoms with Gasteiger partial charge in [-0.1, -0.05) is 23.7 Å². The Morgan fingerprint density at radius 2 is 2.17 bits per heavy atom. The SMILES string of the molecule is CC(=O)OC[C@@]12C=C[C@@H](O1)[C@H]1C(=O)N(c3cccc(Cl)c3)C(=O)[C@H]12. The van der Waals surface area contributed by atoms with Gasteiger partial charge in [0.2, 0.25) is 11.8 Å². The van der Waals surface area contributed by atoms with Gasteiger partial charge in [0.25, 0.3) is 0 Å². The number of carbonyl (C=O) groups excluding carboxylic acids is 3. The van der Waals surface area contributed by atoms with Gasteiger partial charge in [-0.15, -0.1) is 0 Å². The molecule has 24 heavy (non-hydrogen) atoms. The Balaban J connectivity index is 1.70. The summed E-state index contributed by atoms with van der Waals surface area (Å²) in [6.45, 7) is 1.21. The molecule has 7 heteroatoms. The van der Waals surface area contributed by atoms with Crippen molar-refractivity contribution >= 4 is 35.1 Å². The molecule has 1 aromatic rings. The number of imide groups is 1. The van der Waals surface area contributed by atoms with E-state index in [2.05, 4.69) is 0 Å². The molecule has 1 aromatic carbocycles. The van der Waals surface area contributed by atoms with Gasteiger partial charge in [0.15, 0.2) is 0 Å². The minimum absolute atomic E-state index is 0.0844. The summed E-state index contributed by atoms with van der Waals surface area (Å²) in [5.41, 5.74) is -0.630. The van der Waals surface area contributed by atoms with Gasteiger partial charge in [0.1, 0.15) is 12.2 Å². The van der Waals surface area contributed by atoms with E-state index in [1.807, 2.05) is 0 Å². The Labute approximate surface area is 143 Å². The van der Waals surface area contributed by atoms with E-state index >= 15 is 0 Å². The summed E-state index contributed by atoms with van der Waals surface area (Å²) in [5.74, 6) is -2.43. The largest absolute Gasteiger partial charge is 0.462 e. The molecule has 124 valence electrons. The Morgan fingerprint density at radius 1 is 1.38 bits per heavy atom. The molecule has 2 saturated heterocycles. The normalized spacial score (nSPS) is 33.2. The molecule has 0 saturated carbocycles. The van der Waals surface area contributed by atoms with Crippen LogP contribution in [0, 0.1) is 11.8 Å². The molecular formula is C17H14ClNO5. The van der Waals surface area contributed by atoms with Gasteiger partial charge in [-0.2, -0.15) is 0 Å². The van der Waals surface area contributed by atoms with Crippen LogP contribution in [0.3, 0.4) is 0 Å². The van der Waals surface area contributed by atoms with Gasteiger partial charge in [-0.05, 0) is 24.3 Å². The van der Waals surface area contributed by atoms with Crippen LogP contribution in [-0.4, -0.2) is 36.1 Å². The molecule has 0 unspecified atom stereocenters. The van der Waals surface area contributed by atoms with Crippen LogP contribution in [0.5, 0.6) is 0 Å². The lowest BCUT2D eigenvalue weighted by atomic mass is 9.77. The molecule has 2 amide bonds. The Morgan fingerprint density at radius 3 is 2.88 bits per heavy atom. The third-order valence-electron chi connectivity index (χ3n) is 4.72. The predicted molar refractivity (Wildman–Crippen MR) is 84.3 cm³/mol. The van der Waals surface area contributed by atoms with Crippen molar-refractivity contribution in [3.63, 3.8) is 0 Å². The number of esters is 1.